The highest BCUT2D eigenvalue weighted by Gasteiger charge is 2.28. The van der Waals surface area contributed by atoms with E-state index in [2.05, 4.69) is 48.8 Å². The topological polar surface area (TPSA) is 172 Å². The number of carboxylic acid groups (broad SMARTS) is 1. The van der Waals surface area contributed by atoms with Gasteiger partial charge in [-0.15, -0.1) is 0 Å². The molecule has 0 saturated carbocycles. The van der Waals surface area contributed by atoms with Crippen LogP contribution in [-0.4, -0.2) is 59.9 Å². The first-order valence-corrected chi connectivity index (χ1v) is 21.7. The van der Waals surface area contributed by atoms with Crippen LogP contribution < -0.4 is 5.73 Å². The zero-order valence-corrected chi connectivity index (χ0v) is 34.4. The van der Waals surface area contributed by atoms with Gasteiger partial charge in [0.25, 0.3) is 0 Å². The van der Waals surface area contributed by atoms with Gasteiger partial charge in [0, 0.05) is 12.8 Å². The molecule has 0 aliphatic rings. The van der Waals surface area contributed by atoms with E-state index in [1.54, 1.807) is 0 Å². The van der Waals surface area contributed by atoms with Gasteiger partial charge < -0.3 is 25.2 Å². The molecule has 0 fully saturated rings. The van der Waals surface area contributed by atoms with Gasteiger partial charge in [-0.25, -0.2) is 4.57 Å². The molecule has 55 heavy (non-hydrogen) atoms. The number of hydrogen-bond donors (Lipinski definition) is 3. The van der Waals surface area contributed by atoms with E-state index in [1.165, 1.54) is 44.9 Å². The number of nitrogens with two attached hydrogens (primary N) is 1. The highest BCUT2D eigenvalue weighted by molar-refractivity contribution is 7.47. The quantitative estimate of drug-likeness (QED) is 0.0239. The SMILES string of the molecule is CC/C=C/C=C/C=C/C=C/C=C/CCCC(=O)OC(COC(=O)CCCCCCC/C=C/C=C/CCCCCCCCC)COP(=O)(O)OC[C@@H](N)C(=O)O. The molecule has 11 nitrogen and oxygen atoms in total. The molecule has 0 saturated heterocycles. The first-order chi connectivity index (χ1) is 26.6. The van der Waals surface area contributed by atoms with Gasteiger partial charge in [-0.1, -0.05) is 157 Å². The van der Waals surface area contributed by atoms with Gasteiger partial charge in [-0.3, -0.25) is 23.4 Å². The van der Waals surface area contributed by atoms with Crippen LogP contribution in [0, 0.1) is 0 Å². The summed E-state index contributed by atoms with van der Waals surface area (Å²) in [5, 5.41) is 8.87. The van der Waals surface area contributed by atoms with Crippen molar-refractivity contribution < 1.29 is 47.5 Å². The highest BCUT2D eigenvalue weighted by atomic mass is 31.2. The average Bonchev–Trinajstić information content (AvgIpc) is 3.16. The van der Waals surface area contributed by atoms with Gasteiger partial charge in [-0.05, 0) is 51.4 Å². The molecule has 0 radical (unpaired) electrons. The fourth-order valence-corrected chi connectivity index (χ4v) is 5.63. The van der Waals surface area contributed by atoms with Crippen molar-refractivity contribution in [3.8, 4) is 0 Å². The summed E-state index contributed by atoms with van der Waals surface area (Å²) in [7, 11) is -4.74. The van der Waals surface area contributed by atoms with Crippen LogP contribution in [0.3, 0.4) is 0 Å². The molecule has 0 bridgehead atoms. The van der Waals surface area contributed by atoms with Gasteiger partial charge in [0.05, 0.1) is 13.2 Å². The van der Waals surface area contributed by atoms with E-state index in [-0.39, 0.29) is 19.4 Å². The molecular weight excluding hydrogens is 721 g/mol. The molecule has 0 spiro atoms. The second-order valence-electron chi connectivity index (χ2n) is 13.2. The molecule has 0 amide bonds. The first-order valence-electron chi connectivity index (χ1n) is 20.2. The summed E-state index contributed by atoms with van der Waals surface area (Å²) < 4.78 is 32.5. The molecule has 0 aromatic heterocycles. The van der Waals surface area contributed by atoms with E-state index >= 15 is 0 Å². The number of rotatable bonds is 36. The lowest BCUT2D eigenvalue weighted by Gasteiger charge is -2.20. The number of carboxylic acids is 1. The zero-order valence-electron chi connectivity index (χ0n) is 33.5. The summed E-state index contributed by atoms with van der Waals surface area (Å²) >= 11 is 0. The molecule has 0 aliphatic carbocycles. The third-order valence-electron chi connectivity index (χ3n) is 8.03. The third-order valence-corrected chi connectivity index (χ3v) is 8.98. The number of phosphoric ester groups is 1. The molecule has 2 unspecified atom stereocenters. The van der Waals surface area contributed by atoms with Crippen LogP contribution in [0.5, 0.6) is 0 Å². The summed E-state index contributed by atoms with van der Waals surface area (Å²) in [6.07, 6.45) is 45.3. The first kappa shape index (κ1) is 51.7. The summed E-state index contributed by atoms with van der Waals surface area (Å²) in [6, 6.07) is -1.54. The van der Waals surface area contributed by atoms with Crippen LogP contribution in [0.25, 0.3) is 0 Å². The average molecular weight is 792 g/mol. The maximum absolute atomic E-state index is 12.5. The fourth-order valence-electron chi connectivity index (χ4n) is 4.85. The molecule has 0 aromatic carbocycles. The molecule has 0 aromatic rings. The molecule has 0 rings (SSSR count). The lowest BCUT2D eigenvalue weighted by Crippen LogP contribution is -2.34. The number of phosphoric acid groups is 1. The maximum Gasteiger partial charge on any atom is 0.472 e. The van der Waals surface area contributed by atoms with Crippen molar-refractivity contribution in [2.24, 2.45) is 5.73 Å². The molecule has 4 N–H and O–H groups in total. The smallest absolute Gasteiger partial charge is 0.472 e. The number of esters is 2. The van der Waals surface area contributed by atoms with E-state index in [0.29, 0.717) is 19.3 Å². The van der Waals surface area contributed by atoms with Crippen LogP contribution in [0.15, 0.2) is 85.1 Å². The summed E-state index contributed by atoms with van der Waals surface area (Å²) in [5.74, 6) is -2.51. The van der Waals surface area contributed by atoms with E-state index in [9.17, 15) is 23.8 Å². The minimum absolute atomic E-state index is 0.0566. The van der Waals surface area contributed by atoms with E-state index in [4.69, 9.17) is 24.8 Å². The Labute approximate surface area is 331 Å². The largest absolute Gasteiger partial charge is 0.480 e. The van der Waals surface area contributed by atoms with Crippen LogP contribution >= 0.6 is 7.82 Å². The van der Waals surface area contributed by atoms with Gasteiger partial charge in [0.15, 0.2) is 6.10 Å². The predicted molar refractivity (Wildman–Crippen MR) is 221 cm³/mol. The molecule has 0 aliphatic heterocycles. The van der Waals surface area contributed by atoms with Gasteiger partial charge in [0.1, 0.15) is 12.6 Å². The number of carbonyl (C=O) groups is 3. The van der Waals surface area contributed by atoms with Crippen LogP contribution in [-0.2, 0) is 37.5 Å². The Balaban J connectivity index is 4.53. The van der Waals surface area contributed by atoms with Crippen molar-refractivity contribution in [1.82, 2.24) is 0 Å². The Hall–Kier alpha value is -3.34. The van der Waals surface area contributed by atoms with Crippen molar-refractivity contribution in [2.45, 2.75) is 148 Å². The Bertz CT molecular complexity index is 1250. The fraction of sp³-hybridized carbons (Fsp3) is 0.605. The normalized spacial score (nSPS) is 14.7. The highest BCUT2D eigenvalue weighted by Crippen LogP contribution is 2.43. The van der Waals surface area contributed by atoms with Crippen molar-refractivity contribution in [3.63, 3.8) is 0 Å². The van der Waals surface area contributed by atoms with E-state index in [1.807, 2.05) is 54.7 Å². The van der Waals surface area contributed by atoms with Crippen LogP contribution in [0.2, 0.25) is 0 Å². The number of allylic oxidation sites excluding steroid dienone is 14. The minimum Gasteiger partial charge on any atom is -0.480 e. The number of unbranched alkanes of at least 4 members (excludes halogenated alkanes) is 13. The number of aliphatic carboxylic acids is 1. The predicted octanol–water partition coefficient (Wildman–Crippen LogP) is 10.3. The van der Waals surface area contributed by atoms with Crippen LogP contribution in [0.4, 0.5) is 0 Å². The summed E-state index contributed by atoms with van der Waals surface area (Å²) in [4.78, 5) is 45.8. The summed E-state index contributed by atoms with van der Waals surface area (Å²) in [5.41, 5.74) is 5.31. The lowest BCUT2D eigenvalue weighted by molar-refractivity contribution is -0.161. The number of ether oxygens (including phenoxy) is 2. The second kappa shape index (κ2) is 37.6. The zero-order chi connectivity index (χ0) is 40.7. The Kier molecular flexibility index (Phi) is 35.3. The molecule has 0 heterocycles. The van der Waals surface area contributed by atoms with Gasteiger partial charge in [-0.2, -0.15) is 0 Å². The van der Waals surface area contributed by atoms with Crippen LogP contribution in [0.1, 0.15) is 136 Å². The van der Waals surface area contributed by atoms with E-state index in [0.717, 1.165) is 44.9 Å². The second-order valence-corrected chi connectivity index (χ2v) is 14.6. The van der Waals surface area contributed by atoms with Crippen molar-refractivity contribution >= 4 is 25.7 Å². The number of hydrogen-bond acceptors (Lipinski definition) is 9. The monoisotopic (exact) mass is 791 g/mol. The Morgan fingerprint density at radius 3 is 1.60 bits per heavy atom. The Morgan fingerprint density at radius 2 is 1.04 bits per heavy atom. The molecule has 3 atom stereocenters. The van der Waals surface area contributed by atoms with Crippen molar-refractivity contribution in [2.75, 3.05) is 19.8 Å². The third kappa shape index (κ3) is 37.4. The van der Waals surface area contributed by atoms with Gasteiger partial charge >= 0.3 is 25.7 Å². The number of carbonyl (C=O) groups excluding carboxylic acids is 2. The molecule has 12 heteroatoms. The molecular formula is C43H70NO10P. The maximum atomic E-state index is 12.5. The standard InChI is InChI=1S/C43H70NO10P/c1-3-5-7-9-11-13-15-17-18-19-20-21-23-24-26-28-30-32-34-41(45)51-36-39(37-52-55(49,50)53-38-40(44)43(47)48)54-42(46)35-33-31-29-27-25-22-16-14-12-10-8-6-4-2/h6,8,10,12,14,16,18-22,25,27,29,39-40H,3-5,7,9,11,13,15,17,23-24,26,28,30-38,44H2,1-2H3,(H,47,48)(H,49,50)/b8-6+,12-10+,16-14+,19-18+,21-20+,25-22+,29-27+/t39?,40-/m1/s1. The van der Waals surface area contributed by atoms with Crippen molar-refractivity contribution in [1.29, 1.82) is 0 Å². The molecule has 312 valence electrons. The lowest BCUT2D eigenvalue weighted by atomic mass is 10.1. The minimum atomic E-state index is -4.74. The summed E-state index contributed by atoms with van der Waals surface area (Å²) in [6.45, 7) is 2.53. The Morgan fingerprint density at radius 1 is 0.582 bits per heavy atom. The van der Waals surface area contributed by atoms with E-state index < -0.39 is 51.1 Å². The van der Waals surface area contributed by atoms with Crippen molar-refractivity contribution in [3.05, 3.63) is 85.1 Å². The van der Waals surface area contributed by atoms with Gasteiger partial charge in [0.2, 0.25) is 0 Å².